The van der Waals surface area contributed by atoms with Crippen molar-refractivity contribution in [3.63, 3.8) is 0 Å². The van der Waals surface area contributed by atoms with Crippen LogP contribution in [0.2, 0.25) is 0 Å². The first kappa shape index (κ1) is 16.9. The number of hydrogen-bond acceptors (Lipinski definition) is 6. The van der Waals surface area contributed by atoms with Crippen LogP contribution in [0.25, 0.3) is 22.3 Å². The maximum absolute atomic E-state index is 4.75. The minimum absolute atomic E-state index is 0.531. The van der Waals surface area contributed by atoms with Gasteiger partial charge in [0.05, 0.1) is 5.69 Å². The number of H-pyrrole nitrogens is 1. The zero-order chi connectivity index (χ0) is 18.1. The smallest absolute Gasteiger partial charge is 0.151 e. The molecule has 6 nitrogen and oxygen atoms in total. The van der Waals surface area contributed by atoms with Gasteiger partial charge in [-0.3, -0.25) is 0 Å². The molecule has 0 amide bonds. The molecule has 4 heterocycles. The minimum atomic E-state index is 0.531. The van der Waals surface area contributed by atoms with E-state index in [0.717, 1.165) is 58.5 Å². The van der Waals surface area contributed by atoms with Crippen molar-refractivity contribution in [2.45, 2.75) is 31.7 Å². The Balaban J connectivity index is 1.46. The zero-order valence-corrected chi connectivity index (χ0v) is 16.1. The molecule has 1 saturated carbocycles. The normalized spacial score (nSPS) is 18.3. The number of nitrogens with one attached hydrogen (secondary N) is 2. The van der Waals surface area contributed by atoms with Crippen LogP contribution in [0.15, 0.2) is 30.5 Å². The molecule has 0 radical (unpaired) electrons. The summed E-state index contributed by atoms with van der Waals surface area (Å²) in [6.07, 6.45) is 6.99. The third kappa shape index (κ3) is 3.48. The third-order valence-corrected chi connectivity index (χ3v) is 6.44. The van der Waals surface area contributed by atoms with Crippen LogP contribution in [-0.4, -0.2) is 50.8 Å². The van der Waals surface area contributed by atoms with Gasteiger partial charge in [0.2, 0.25) is 0 Å². The summed E-state index contributed by atoms with van der Waals surface area (Å²) in [7, 11) is 0. The van der Waals surface area contributed by atoms with Crippen molar-refractivity contribution >= 4 is 34.4 Å². The molecule has 2 N–H and O–H groups in total. The van der Waals surface area contributed by atoms with Gasteiger partial charge >= 0.3 is 0 Å². The third-order valence-electron chi connectivity index (χ3n) is 5.50. The van der Waals surface area contributed by atoms with E-state index >= 15 is 0 Å². The number of thioether (sulfide) groups is 1. The van der Waals surface area contributed by atoms with Gasteiger partial charge in [0.1, 0.15) is 11.5 Å². The number of aromatic nitrogens is 4. The van der Waals surface area contributed by atoms with Crippen molar-refractivity contribution in [2.24, 2.45) is 0 Å². The highest BCUT2D eigenvalue weighted by atomic mass is 32.2. The van der Waals surface area contributed by atoms with Crippen LogP contribution in [0.5, 0.6) is 0 Å². The number of aromatic amines is 1. The molecule has 2 fully saturated rings. The molecule has 0 atom stereocenters. The summed E-state index contributed by atoms with van der Waals surface area (Å²) >= 11 is 2.00. The lowest BCUT2D eigenvalue weighted by atomic mass is 10.1. The molecule has 3 aromatic heterocycles. The fourth-order valence-corrected chi connectivity index (χ4v) is 4.94. The number of pyridine rings is 1. The maximum Gasteiger partial charge on any atom is 0.151 e. The quantitative estimate of drug-likeness (QED) is 0.715. The molecule has 0 unspecified atom stereocenters. The predicted molar refractivity (Wildman–Crippen MR) is 113 cm³/mol. The van der Waals surface area contributed by atoms with Crippen molar-refractivity contribution in [2.75, 3.05) is 34.8 Å². The lowest BCUT2D eigenvalue weighted by molar-refractivity contribution is 0.751. The number of rotatable bonds is 4. The average molecular weight is 381 g/mol. The highest BCUT2D eigenvalue weighted by molar-refractivity contribution is 7.99. The largest absolute Gasteiger partial charge is 0.367 e. The molecule has 5 rings (SSSR count). The fourth-order valence-electron chi connectivity index (χ4n) is 4.03. The standard InChI is InChI=1S/C20H24N6S/c1-2-4-14(3-1)22-18-13-16(15-7-8-21-20(15)23-18)17-5-6-19(25-24-17)26-9-11-27-12-10-26/h5-8,13-14H,1-4,9-12H2,(H2,21,22,23). The van der Waals surface area contributed by atoms with E-state index in [2.05, 4.69) is 49.7 Å². The summed E-state index contributed by atoms with van der Waals surface area (Å²) in [6, 6.07) is 8.90. The molecule has 3 aromatic rings. The molecule has 2 aliphatic rings. The van der Waals surface area contributed by atoms with Gasteiger partial charge in [-0.25, -0.2) is 4.98 Å². The molecule has 27 heavy (non-hydrogen) atoms. The van der Waals surface area contributed by atoms with Crippen LogP contribution in [0.3, 0.4) is 0 Å². The Morgan fingerprint density at radius 3 is 2.70 bits per heavy atom. The van der Waals surface area contributed by atoms with Crippen LogP contribution in [-0.2, 0) is 0 Å². The number of hydrogen-bond donors (Lipinski definition) is 2. The van der Waals surface area contributed by atoms with E-state index in [9.17, 15) is 0 Å². The van der Waals surface area contributed by atoms with Gasteiger partial charge in [0.15, 0.2) is 5.82 Å². The molecule has 1 aliphatic heterocycles. The Bertz CT molecular complexity index is 910. The van der Waals surface area contributed by atoms with Crippen molar-refractivity contribution in [1.29, 1.82) is 0 Å². The molecule has 1 saturated heterocycles. The second-order valence-corrected chi connectivity index (χ2v) is 8.52. The Labute approximate surface area is 163 Å². The van der Waals surface area contributed by atoms with Crippen LogP contribution >= 0.6 is 11.8 Å². The number of fused-ring (bicyclic) bond motifs is 1. The first-order valence-electron chi connectivity index (χ1n) is 9.78. The highest BCUT2D eigenvalue weighted by Gasteiger charge is 2.18. The van der Waals surface area contributed by atoms with Gasteiger partial charge in [0, 0.05) is 47.8 Å². The first-order chi connectivity index (χ1) is 13.4. The van der Waals surface area contributed by atoms with Crippen molar-refractivity contribution in [3.8, 4) is 11.3 Å². The second-order valence-electron chi connectivity index (χ2n) is 7.30. The van der Waals surface area contributed by atoms with E-state index in [0.29, 0.717) is 6.04 Å². The molecule has 0 aromatic carbocycles. The van der Waals surface area contributed by atoms with Gasteiger partial charge < -0.3 is 15.2 Å². The van der Waals surface area contributed by atoms with Gasteiger partial charge in [0.25, 0.3) is 0 Å². The van der Waals surface area contributed by atoms with Crippen LogP contribution < -0.4 is 10.2 Å². The fraction of sp³-hybridized carbons (Fsp3) is 0.450. The summed E-state index contributed by atoms with van der Waals surface area (Å²) in [4.78, 5) is 10.3. The lowest BCUT2D eigenvalue weighted by Crippen LogP contribution is -2.33. The highest BCUT2D eigenvalue weighted by Crippen LogP contribution is 2.30. The Morgan fingerprint density at radius 2 is 1.93 bits per heavy atom. The molecule has 0 spiro atoms. The lowest BCUT2D eigenvalue weighted by Gasteiger charge is -2.26. The van der Waals surface area contributed by atoms with Gasteiger partial charge in [-0.15, -0.1) is 10.2 Å². The van der Waals surface area contributed by atoms with E-state index in [1.807, 2.05) is 18.0 Å². The van der Waals surface area contributed by atoms with E-state index in [-0.39, 0.29) is 0 Å². The Kier molecular flexibility index (Phi) is 4.61. The van der Waals surface area contributed by atoms with Crippen LogP contribution in [0.1, 0.15) is 25.7 Å². The summed E-state index contributed by atoms with van der Waals surface area (Å²) in [5, 5.41) is 13.8. The van der Waals surface area contributed by atoms with Crippen molar-refractivity contribution < 1.29 is 0 Å². The van der Waals surface area contributed by atoms with Crippen LogP contribution in [0, 0.1) is 0 Å². The van der Waals surface area contributed by atoms with E-state index in [1.165, 1.54) is 25.7 Å². The molecule has 1 aliphatic carbocycles. The number of nitrogens with zero attached hydrogens (tertiary/aromatic N) is 4. The van der Waals surface area contributed by atoms with Crippen LogP contribution in [0.4, 0.5) is 11.6 Å². The second kappa shape index (κ2) is 7.38. The molecular formula is C20H24N6S. The molecular weight excluding hydrogens is 356 g/mol. The Morgan fingerprint density at radius 1 is 1.07 bits per heavy atom. The van der Waals surface area contributed by atoms with Crippen molar-refractivity contribution in [1.82, 2.24) is 20.2 Å². The van der Waals surface area contributed by atoms with E-state index < -0.39 is 0 Å². The van der Waals surface area contributed by atoms with E-state index in [4.69, 9.17) is 4.98 Å². The zero-order valence-electron chi connectivity index (χ0n) is 15.3. The summed E-state index contributed by atoms with van der Waals surface area (Å²) < 4.78 is 0. The molecule has 7 heteroatoms. The Hall–Kier alpha value is -2.28. The van der Waals surface area contributed by atoms with E-state index in [1.54, 1.807) is 0 Å². The van der Waals surface area contributed by atoms with Gasteiger partial charge in [-0.2, -0.15) is 11.8 Å². The monoisotopic (exact) mass is 380 g/mol. The molecule has 140 valence electrons. The summed E-state index contributed by atoms with van der Waals surface area (Å²) in [5.41, 5.74) is 2.87. The SMILES string of the molecule is c1cc2c(-c3ccc(N4CCSCC4)nn3)cc(NC3CCCC3)nc2[nH]1. The topological polar surface area (TPSA) is 69.7 Å². The number of anilines is 2. The maximum atomic E-state index is 4.75. The average Bonchev–Trinajstić information content (AvgIpc) is 3.40. The first-order valence-corrected chi connectivity index (χ1v) is 10.9. The molecule has 0 bridgehead atoms. The summed E-state index contributed by atoms with van der Waals surface area (Å²) in [6.45, 7) is 2.09. The van der Waals surface area contributed by atoms with Gasteiger partial charge in [-0.05, 0) is 37.1 Å². The van der Waals surface area contributed by atoms with Gasteiger partial charge in [-0.1, -0.05) is 12.8 Å². The summed E-state index contributed by atoms with van der Waals surface area (Å²) in [5.74, 6) is 4.22. The van der Waals surface area contributed by atoms with Crippen molar-refractivity contribution in [3.05, 3.63) is 30.5 Å². The predicted octanol–water partition coefficient (Wildman–Crippen LogP) is 3.93. The minimum Gasteiger partial charge on any atom is -0.367 e.